The average Bonchev–Trinajstić information content (AvgIpc) is 3.11. The number of aliphatic imine (C=N–C) groups is 1. The highest BCUT2D eigenvalue weighted by molar-refractivity contribution is 5.79. The van der Waals surface area contributed by atoms with Crippen LogP contribution in [-0.4, -0.2) is 29.1 Å². The van der Waals surface area contributed by atoms with Crippen molar-refractivity contribution in [2.45, 2.75) is 45.7 Å². The highest BCUT2D eigenvalue weighted by Crippen LogP contribution is 2.07. The molecule has 5 nitrogen and oxygen atoms in total. The smallest absolute Gasteiger partial charge is 0.191 e. The fraction of sp³-hybridized carbons (Fsp3) is 0.474. The van der Waals surface area contributed by atoms with Gasteiger partial charge in [0.25, 0.3) is 0 Å². The van der Waals surface area contributed by atoms with Crippen molar-refractivity contribution in [2.75, 3.05) is 13.6 Å². The second-order valence-electron chi connectivity index (χ2n) is 5.97. The van der Waals surface area contributed by atoms with Gasteiger partial charge in [0.05, 0.1) is 6.33 Å². The van der Waals surface area contributed by atoms with E-state index in [1.54, 1.807) is 0 Å². The molecule has 0 saturated carbocycles. The zero-order valence-corrected chi connectivity index (χ0v) is 14.8. The molecule has 1 aromatic carbocycles. The molecule has 0 aliphatic carbocycles. The third-order valence-corrected chi connectivity index (χ3v) is 3.92. The van der Waals surface area contributed by atoms with Gasteiger partial charge in [-0.1, -0.05) is 50.5 Å². The minimum absolute atomic E-state index is 0.770. The van der Waals surface area contributed by atoms with Gasteiger partial charge in [-0.3, -0.25) is 4.99 Å². The number of unbranched alkanes of at least 4 members (excludes halogenated alkanes) is 3. The van der Waals surface area contributed by atoms with Crippen LogP contribution in [0.1, 0.15) is 43.7 Å². The van der Waals surface area contributed by atoms with Gasteiger partial charge in [0, 0.05) is 39.1 Å². The maximum atomic E-state index is 4.29. The number of hydrogen-bond donors (Lipinski definition) is 2. The lowest BCUT2D eigenvalue weighted by molar-refractivity contribution is 0.647. The van der Waals surface area contributed by atoms with Crippen LogP contribution in [0.4, 0.5) is 0 Å². The normalized spacial score (nSPS) is 11.5. The predicted octanol–water partition coefficient (Wildman–Crippen LogP) is 3.18. The van der Waals surface area contributed by atoms with Crippen LogP contribution in [0.25, 0.3) is 0 Å². The predicted molar refractivity (Wildman–Crippen MR) is 100 cm³/mol. The van der Waals surface area contributed by atoms with Crippen molar-refractivity contribution < 1.29 is 0 Å². The SMILES string of the molecule is CCCCCCNC(=NC)NCc1cccc(Cn2ccnc2)c1. The van der Waals surface area contributed by atoms with E-state index in [9.17, 15) is 0 Å². The minimum atomic E-state index is 0.770. The van der Waals surface area contributed by atoms with E-state index in [0.29, 0.717) is 0 Å². The highest BCUT2D eigenvalue weighted by Gasteiger charge is 2.00. The molecule has 0 spiro atoms. The number of benzene rings is 1. The summed E-state index contributed by atoms with van der Waals surface area (Å²) in [4.78, 5) is 8.37. The van der Waals surface area contributed by atoms with Crippen LogP contribution in [0.2, 0.25) is 0 Å². The summed E-state index contributed by atoms with van der Waals surface area (Å²) in [6, 6.07) is 8.61. The zero-order valence-electron chi connectivity index (χ0n) is 14.8. The van der Waals surface area contributed by atoms with Crippen molar-refractivity contribution in [1.29, 1.82) is 0 Å². The van der Waals surface area contributed by atoms with Crippen molar-refractivity contribution in [3.8, 4) is 0 Å². The first kappa shape index (κ1) is 18.0. The largest absolute Gasteiger partial charge is 0.356 e. The molecule has 1 aromatic heterocycles. The van der Waals surface area contributed by atoms with Gasteiger partial charge in [-0.25, -0.2) is 4.98 Å². The molecule has 2 aromatic rings. The molecule has 0 radical (unpaired) electrons. The van der Waals surface area contributed by atoms with Crippen LogP contribution < -0.4 is 10.6 Å². The van der Waals surface area contributed by atoms with E-state index >= 15 is 0 Å². The molecule has 1 heterocycles. The molecule has 130 valence electrons. The van der Waals surface area contributed by atoms with Gasteiger partial charge in [0.15, 0.2) is 5.96 Å². The lowest BCUT2D eigenvalue weighted by Gasteiger charge is -2.12. The molecule has 0 fully saturated rings. The van der Waals surface area contributed by atoms with Gasteiger partial charge < -0.3 is 15.2 Å². The molecular formula is C19H29N5. The van der Waals surface area contributed by atoms with E-state index in [1.165, 1.54) is 36.8 Å². The van der Waals surface area contributed by atoms with Crippen LogP contribution >= 0.6 is 0 Å². The van der Waals surface area contributed by atoms with Crippen molar-refractivity contribution >= 4 is 5.96 Å². The molecular weight excluding hydrogens is 298 g/mol. The van der Waals surface area contributed by atoms with Gasteiger partial charge in [-0.2, -0.15) is 0 Å². The Bertz CT molecular complexity index is 604. The molecule has 0 unspecified atom stereocenters. The summed E-state index contributed by atoms with van der Waals surface area (Å²) in [6.45, 7) is 4.82. The molecule has 2 rings (SSSR count). The van der Waals surface area contributed by atoms with Crippen molar-refractivity contribution in [2.24, 2.45) is 4.99 Å². The van der Waals surface area contributed by atoms with Gasteiger partial charge in [-0.15, -0.1) is 0 Å². The van der Waals surface area contributed by atoms with E-state index in [1.807, 2.05) is 25.8 Å². The molecule has 0 saturated heterocycles. The Labute approximate surface area is 145 Å². The maximum absolute atomic E-state index is 4.29. The third-order valence-electron chi connectivity index (χ3n) is 3.92. The molecule has 0 amide bonds. The van der Waals surface area contributed by atoms with Crippen molar-refractivity contribution in [3.63, 3.8) is 0 Å². The standard InChI is InChI=1S/C19H29N5/c1-3-4-5-6-10-22-19(20-2)23-14-17-8-7-9-18(13-17)15-24-12-11-21-16-24/h7-9,11-13,16H,3-6,10,14-15H2,1-2H3,(H2,20,22,23). The number of aromatic nitrogens is 2. The van der Waals surface area contributed by atoms with Gasteiger partial charge in [-0.05, 0) is 17.5 Å². The third kappa shape index (κ3) is 6.44. The first-order valence-corrected chi connectivity index (χ1v) is 8.80. The Balaban J connectivity index is 1.78. The fourth-order valence-electron chi connectivity index (χ4n) is 2.59. The number of rotatable bonds is 9. The number of guanidine groups is 1. The van der Waals surface area contributed by atoms with Gasteiger partial charge in [0.1, 0.15) is 0 Å². The van der Waals surface area contributed by atoms with E-state index < -0.39 is 0 Å². The van der Waals surface area contributed by atoms with Crippen LogP contribution in [0.3, 0.4) is 0 Å². The molecule has 0 aliphatic heterocycles. The van der Waals surface area contributed by atoms with Gasteiger partial charge >= 0.3 is 0 Å². The molecule has 0 aliphatic rings. The Morgan fingerprint density at radius 3 is 2.79 bits per heavy atom. The summed E-state index contributed by atoms with van der Waals surface area (Å²) in [5, 5.41) is 6.76. The van der Waals surface area contributed by atoms with Gasteiger partial charge in [0.2, 0.25) is 0 Å². The summed E-state index contributed by atoms with van der Waals surface area (Å²) in [5.41, 5.74) is 2.52. The second kappa shape index (κ2) is 10.5. The molecule has 5 heteroatoms. The van der Waals surface area contributed by atoms with Crippen molar-refractivity contribution in [1.82, 2.24) is 20.2 Å². The molecule has 0 bridgehead atoms. The first-order chi connectivity index (χ1) is 11.8. The topological polar surface area (TPSA) is 54.2 Å². The number of nitrogens with zero attached hydrogens (tertiary/aromatic N) is 3. The maximum Gasteiger partial charge on any atom is 0.191 e. The Morgan fingerprint density at radius 1 is 1.17 bits per heavy atom. The van der Waals surface area contributed by atoms with Crippen LogP contribution in [0.5, 0.6) is 0 Å². The second-order valence-corrected chi connectivity index (χ2v) is 5.97. The Morgan fingerprint density at radius 2 is 2.04 bits per heavy atom. The highest BCUT2D eigenvalue weighted by atomic mass is 15.2. The van der Waals surface area contributed by atoms with Crippen LogP contribution in [0.15, 0.2) is 48.0 Å². The van der Waals surface area contributed by atoms with Crippen LogP contribution in [-0.2, 0) is 13.1 Å². The number of hydrogen-bond acceptors (Lipinski definition) is 2. The van der Waals surface area contributed by atoms with Crippen LogP contribution in [0, 0.1) is 0 Å². The summed E-state index contributed by atoms with van der Waals surface area (Å²) < 4.78 is 2.07. The monoisotopic (exact) mass is 327 g/mol. The summed E-state index contributed by atoms with van der Waals surface area (Å²) in [7, 11) is 1.82. The van der Waals surface area contributed by atoms with E-state index in [0.717, 1.165) is 25.6 Å². The lowest BCUT2D eigenvalue weighted by Crippen LogP contribution is -2.37. The van der Waals surface area contributed by atoms with E-state index in [2.05, 4.69) is 56.4 Å². The lowest BCUT2D eigenvalue weighted by atomic mass is 10.1. The average molecular weight is 327 g/mol. The number of imidazole rings is 1. The van der Waals surface area contributed by atoms with Crippen molar-refractivity contribution in [3.05, 3.63) is 54.1 Å². The summed E-state index contributed by atoms with van der Waals surface area (Å²) in [6.07, 6.45) is 10.7. The fourth-order valence-corrected chi connectivity index (χ4v) is 2.59. The minimum Gasteiger partial charge on any atom is -0.356 e. The number of nitrogens with one attached hydrogen (secondary N) is 2. The molecule has 0 atom stereocenters. The summed E-state index contributed by atoms with van der Waals surface area (Å²) >= 11 is 0. The Kier molecular flexibility index (Phi) is 7.87. The molecule has 2 N–H and O–H groups in total. The van der Waals surface area contributed by atoms with E-state index in [4.69, 9.17) is 0 Å². The molecule has 24 heavy (non-hydrogen) atoms. The van der Waals surface area contributed by atoms with E-state index in [-0.39, 0.29) is 0 Å². The zero-order chi connectivity index (χ0) is 17.0. The quantitative estimate of drug-likeness (QED) is 0.422. The summed E-state index contributed by atoms with van der Waals surface area (Å²) in [5.74, 6) is 0.867. The Hall–Kier alpha value is -2.30. The first-order valence-electron chi connectivity index (χ1n) is 8.80.